The summed E-state index contributed by atoms with van der Waals surface area (Å²) >= 11 is 0. The monoisotopic (exact) mass is 758 g/mol. The van der Waals surface area contributed by atoms with Crippen LogP contribution in [0.5, 0.6) is 0 Å². The molecular weight excluding hydrogens is 697 g/mol. The zero-order valence-electron chi connectivity index (χ0n) is 33.7. The Bertz CT molecular complexity index is 1730. The molecule has 0 saturated heterocycles. The fourth-order valence-corrected chi connectivity index (χ4v) is 17.5. The number of hydrogen-bond acceptors (Lipinski definition) is 4. The molecule has 0 saturated carbocycles. The van der Waals surface area contributed by atoms with Crippen molar-refractivity contribution in [1.82, 2.24) is 0 Å². The second kappa shape index (κ2) is 18.3. The zero-order chi connectivity index (χ0) is 38.8. The standard InChI is InChI=1S/C48H62O4Si2/c1-38(36-52-54(48(6,7)8,43-30-20-12-21-31-43)44-32-22-13-23-33-44)46(50-37-40-24-14-9-15-25-40)39(2)45(49)34-35-51-53(47(3,4)5,41-26-16-10-17-27-41)42-28-18-11-19-29-42/h9-33,38-39,45-46,49H,34-37H2,1-8H3/t38-,39+,45-,46-/m0/s1. The van der Waals surface area contributed by atoms with Crippen LogP contribution in [0.3, 0.4) is 0 Å². The van der Waals surface area contributed by atoms with E-state index in [0.717, 1.165) is 5.56 Å². The van der Waals surface area contributed by atoms with Gasteiger partial charge in [0.2, 0.25) is 0 Å². The first-order valence-corrected chi connectivity index (χ1v) is 23.5. The van der Waals surface area contributed by atoms with Gasteiger partial charge in [0.05, 0.1) is 18.8 Å². The Labute approximate surface area is 327 Å². The summed E-state index contributed by atoms with van der Waals surface area (Å²) < 4.78 is 21.4. The average molecular weight is 759 g/mol. The molecule has 0 aliphatic carbocycles. The lowest BCUT2D eigenvalue weighted by atomic mass is 9.88. The van der Waals surface area contributed by atoms with Crippen LogP contribution in [0.25, 0.3) is 0 Å². The summed E-state index contributed by atoms with van der Waals surface area (Å²) in [5.74, 6) is -0.174. The van der Waals surface area contributed by atoms with Crippen LogP contribution in [-0.2, 0) is 20.2 Å². The van der Waals surface area contributed by atoms with Gasteiger partial charge in [0.25, 0.3) is 16.6 Å². The van der Waals surface area contributed by atoms with Crippen molar-refractivity contribution in [3.05, 3.63) is 157 Å². The molecule has 0 amide bonds. The first kappa shape index (κ1) is 41.5. The van der Waals surface area contributed by atoms with Gasteiger partial charge in [-0.1, -0.05) is 207 Å². The molecule has 54 heavy (non-hydrogen) atoms. The molecule has 5 rings (SSSR count). The van der Waals surface area contributed by atoms with E-state index in [4.69, 9.17) is 13.6 Å². The molecule has 0 fully saturated rings. The minimum atomic E-state index is -2.76. The molecular formula is C48H62O4Si2. The molecule has 5 aromatic rings. The molecule has 1 N–H and O–H groups in total. The Balaban J connectivity index is 1.41. The maximum absolute atomic E-state index is 12.0. The minimum Gasteiger partial charge on any atom is -0.407 e. The second-order valence-corrected chi connectivity index (χ2v) is 25.6. The van der Waals surface area contributed by atoms with Gasteiger partial charge in [-0.25, -0.2) is 0 Å². The first-order chi connectivity index (χ1) is 25.8. The van der Waals surface area contributed by atoms with E-state index in [-0.39, 0.29) is 28.0 Å². The summed E-state index contributed by atoms with van der Waals surface area (Å²) in [5, 5.41) is 16.7. The maximum atomic E-state index is 12.0. The van der Waals surface area contributed by atoms with Crippen molar-refractivity contribution in [3.63, 3.8) is 0 Å². The highest BCUT2D eigenvalue weighted by atomic mass is 28.4. The van der Waals surface area contributed by atoms with Gasteiger partial charge in [-0.15, -0.1) is 0 Å². The van der Waals surface area contributed by atoms with E-state index in [1.807, 2.05) is 18.2 Å². The molecule has 0 heterocycles. The van der Waals surface area contributed by atoms with Gasteiger partial charge in [0.15, 0.2) is 0 Å². The lowest BCUT2D eigenvalue weighted by Gasteiger charge is -2.44. The quantitative estimate of drug-likeness (QED) is 0.0965. The number of hydrogen-bond donors (Lipinski definition) is 1. The SMILES string of the molecule is C[C@@H]([C@@H](OCc1ccccc1)[C@@H](C)CO[Si](c1ccccc1)(c1ccccc1)C(C)(C)C)[C@@H](O)CCO[Si](c1ccccc1)(c1ccccc1)C(C)(C)C. The van der Waals surface area contributed by atoms with Crippen molar-refractivity contribution in [3.8, 4) is 0 Å². The van der Waals surface area contributed by atoms with Crippen molar-refractivity contribution >= 4 is 37.4 Å². The summed E-state index contributed by atoms with van der Waals surface area (Å²) in [4.78, 5) is 0. The highest BCUT2D eigenvalue weighted by molar-refractivity contribution is 7.00. The average Bonchev–Trinajstić information content (AvgIpc) is 3.17. The lowest BCUT2D eigenvalue weighted by Crippen LogP contribution is -2.67. The smallest absolute Gasteiger partial charge is 0.261 e. The van der Waals surface area contributed by atoms with Crippen molar-refractivity contribution < 1.29 is 18.7 Å². The summed E-state index contributed by atoms with van der Waals surface area (Å²) in [6.45, 7) is 19.6. The molecule has 5 aromatic carbocycles. The van der Waals surface area contributed by atoms with Gasteiger partial charge in [-0.05, 0) is 42.8 Å². The lowest BCUT2D eigenvalue weighted by molar-refractivity contribution is -0.0762. The topological polar surface area (TPSA) is 47.9 Å². The Morgan fingerprint density at radius 1 is 0.519 bits per heavy atom. The highest BCUT2D eigenvalue weighted by Gasteiger charge is 2.51. The highest BCUT2D eigenvalue weighted by Crippen LogP contribution is 2.39. The largest absolute Gasteiger partial charge is 0.407 e. The summed E-state index contributed by atoms with van der Waals surface area (Å²) in [5.41, 5.74) is 1.11. The Morgan fingerprint density at radius 3 is 1.24 bits per heavy atom. The Hall–Kier alpha value is -3.63. The molecule has 286 valence electrons. The molecule has 0 spiro atoms. The molecule has 0 aromatic heterocycles. The van der Waals surface area contributed by atoms with Crippen LogP contribution in [0, 0.1) is 11.8 Å². The second-order valence-electron chi connectivity index (χ2n) is 16.9. The molecule has 0 bridgehead atoms. The summed E-state index contributed by atoms with van der Waals surface area (Å²) in [6.07, 6.45) is -0.398. The predicted molar refractivity (Wildman–Crippen MR) is 231 cm³/mol. The molecule has 6 heteroatoms. The number of rotatable bonds is 17. The third-order valence-electron chi connectivity index (χ3n) is 11.1. The molecule has 0 aliphatic rings. The predicted octanol–water partition coefficient (Wildman–Crippen LogP) is 8.75. The van der Waals surface area contributed by atoms with Gasteiger partial charge in [0, 0.05) is 25.0 Å². The van der Waals surface area contributed by atoms with Gasteiger partial charge in [0.1, 0.15) is 0 Å². The van der Waals surface area contributed by atoms with Crippen LogP contribution in [0.2, 0.25) is 10.1 Å². The minimum absolute atomic E-state index is 0.00221. The van der Waals surface area contributed by atoms with E-state index < -0.39 is 22.7 Å². The number of benzene rings is 5. The summed E-state index contributed by atoms with van der Waals surface area (Å²) in [6, 6.07) is 53.3. The number of aliphatic hydroxyl groups excluding tert-OH is 1. The Kier molecular flexibility index (Phi) is 14.1. The van der Waals surface area contributed by atoms with Crippen LogP contribution >= 0.6 is 0 Å². The zero-order valence-corrected chi connectivity index (χ0v) is 35.7. The molecule has 4 nitrogen and oxygen atoms in total. The molecule has 0 unspecified atom stereocenters. The fraction of sp³-hybridized carbons (Fsp3) is 0.375. The fourth-order valence-electron chi connectivity index (χ4n) is 8.29. The van der Waals surface area contributed by atoms with E-state index in [1.165, 1.54) is 20.7 Å². The van der Waals surface area contributed by atoms with Crippen molar-refractivity contribution in [2.75, 3.05) is 13.2 Å². The van der Waals surface area contributed by atoms with Gasteiger partial charge >= 0.3 is 0 Å². The third kappa shape index (κ3) is 9.24. The van der Waals surface area contributed by atoms with Crippen LogP contribution in [0.4, 0.5) is 0 Å². The van der Waals surface area contributed by atoms with Crippen molar-refractivity contribution in [2.45, 2.75) is 90.7 Å². The number of ether oxygens (including phenoxy) is 1. The normalized spacial score (nSPS) is 15.0. The van der Waals surface area contributed by atoms with Crippen molar-refractivity contribution in [2.24, 2.45) is 11.8 Å². The van der Waals surface area contributed by atoms with Crippen LogP contribution in [0.15, 0.2) is 152 Å². The summed E-state index contributed by atoms with van der Waals surface area (Å²) in [7, 11) is -5.50. The van der Waals surface area contributed by atoms with Gasteiger partial charge in [-0.3, -0.25) is 0 Å². The van der Waals surface area contributed by atoms with E-state index in [1.54, 1.807) is 0 Å². The van der Waals surface area contributed by atoms with Crippen molar-refractivity contribution in [1.29, 1.82) is 0 Å². The van der Waals surface area contributed by atoms with E-state index in [9.17, 15) is 5.11 Å². The molecule has 0 radical (unpaired) electrons. The van der Waals surface area contributed by atoms with E-state index in [0.29, 0.717) is 26.2 Å². The molecule has 4 atom stereocenters. The number of aliphatic hydroxyl groups is 1. The third-order valence-corrected chi connectivity index (χ3v) is 21.1. The van der Waals surface area contributed by atoms with Crippen LogP contribution in [-0.4, -0.2) is 47.2 Å². The maximum Gasteiger partial charge on any atom is 0.261 e. The van der Waals surface area contributed by atoms with E-state index >= 15 is 0 Å². The van der Waals surface area contributed by atoms with Crippen LogP contribution in [0.1, 0.15) is 67.4 Å². The van der Waals surface area contributed by atoms with Gasteiger partial charge in [-0.2, -0.15) is 0 Å². The van der Waals surface area contributed by atoms with E-state index in [2.05, 4.69) is 189 Å². The first-order valence-electron chi connectivity index (χ1n) is 19.6. The van der Waals surface area contributed by atoms with Crippen LogP contribution < -0.4 is 20.7 Å². The van der Waals surface area contributed by atoms with Gasteiger partial charge < -0.3 is 18.7 Å². The Morgan fingerprint density at radius 2 is 0.870 bits per heavy atom. The molecule has 0 aliphatic heterocycles.